The Bertz CT molecular complexity index is 400. The van der Waals surface area contributed by atoms with Gasteiger partial charge in [0.1, 0.15) is 0 Å². The molecule has 0 aromatic rings. The molecule has 0 spiro atoms. The van der Waals surface area contributed by atoms with E-state index in [9.17, 15) is 4.79 Å². The highest BCUT2D eigenvalue weighted by atomic mass is 16.2. The van der Waals surface area contributed by atoms with Crippen LogP contribution in [0.25, 0.3) is 0 Å². The molecule has 2 atom stereocenters. The van der Waals surface area contributed by atoms with Crippen LogP contribution in [-0.4, -0.2) is 72.5 Å². The summed E-state index contributed by atoms with van der Waals surface area (Å²) < 4.78 is 0. The molecule has 0 radical (unpaired) electrons. The lowest BCUT2D eigenvalue weighted by molar-refractivity contribution is -0.133. The lowest BCUT2D eigenvalue weighted by Gasteiger charge is -2.38. The largest absolute Gasteiger partial charge is 0.341 e. The molecule has 22 heavy (non-hydrogen) atoms. The first-order valence-electron chi connectivity index (χ1n) is 8.77. The van der Waals surface area contributed by atoms with Gasteiger partial charge in [-0.05, 0) is 59.2 Å². The van der Waals surface area contributed by atoms with E-state index in [1.54, 1.807) is 0 Å². The zero-order valence-electron chi connectivity index (χ0n) is 14.1. The van der Waals surface area contributed by atoms with Gasteiger partial charge in [-0.2, -0.15) is 5.26 Å². The molecular weight excluding hydrogens is 276 g/mol. The van der Waals surface area contributed by atoms with Gasteiger partial charge in [-0.15, -0.1) is 0 Å². The quantitative estimate of drug-likeness (QED) is 0.747. The fraction of sp³-hybridized carbons (Fsp3) is 0.882. The molecule has 2 aliphatic rings. The van der Waals surface area contributed by atoms with Crippen molar-refractivity contribution in [3.63, 3.8) is 0 Å². The number of carbonyl (C=O) groups is 1. The zero-order chi connectivity index (χ0) is 15.9. The number of piperidine rings is 1. The van der Waals surface area contributed by atoms with Crippen LogP contribution in [0.5, 0.6) is 0 Å². The normalized spacial score (nSPS) is 24.9. The number of likely N-dealkylation sites (N-methyl/N-ethyl adjacent to an activating group) is 1. The van der Waals surface area contributed by atoms with E-state index < -0.39 is 0 Å². The summed E-state index contributed by atoms with van der Waals surface area (Å²) in [6.45, 7) is 10.1. The van der Waals surface area contributed by atoms with Crippen molar-refractivity contribution in [2.45, 2.75) is 45.6 Å². The fourth-order valence-electron chi connectivity index (χ4n) is 3.65. The number of likely N-dealkylation sites (tertiary alicyclic amines) is 2. The summed E-state index contributed by atoms with van der Waals surface area (Å²) in [5, 5.41) is 8.93. The van der Waals surface area contributed by atoms with Crippen molar-refractivity contribution in [3.05, 3.63) is 0 Å². The van der Waals surface area contributed by atoms with Gasteiger partial charge in [-0.25, -0.2) is 0 Å². The van der Waals surface area contributed by atoms with Gasteiger partial charge < -0.3 is 4.90 Å². The molecule has 1 amide bonds. The Morgan fingerprint density at radius 1 is 1.32 bits per heavy atom. The molecule has 0 unspecified atom stereocenters. The SMILES string of the molecule is CCN(C[C@@H](C)C#N)C(=O)CN1CCC[C@@H](N2CCCC2)C1. The molecule has 2 saturated heterocycles. The van der Waals surface area contributed by atoms with Crippen LogP contribution in [0.4, 0.5) is 0 Å². The van der Waals surface area contributed by atoms with Crippen LogP contribution >= 0.6 is 0 Å². The number of nitrogens with zero attached hydrogens (tertiary/aromatic N) is 4. The lowest BCUT2D eigenvalue weighted by atomic mass is 10.0. The molecule has 0 bridgehead atoms. The van der Waals surface area contributed by atoms with Gasteiger partial charge in [0, 0.05) is 25.7 Å². The van der Waals surface area contributed by atoms with Crippen LogP contribution in [0.2, 0.25) is 0 Å². The van der Waals surface area contributed by atoms with Crippen molar-refractivity contribution in [3.8, 4) is 6.07 Å². The molecular formula is C17H30N4O. The Balaban J connectivity index is 1.83. The van der Waals surface area contributed by atoms with Gasteiger partial charge in [0.05, 0.1) is 18.5 Å². The van der Waals surface area contributed by atoms with Crippen molar-refractivity contribution < 1.29 is 4.79 Å². The molecule has 2 aliphatic heterocycles. The van der Waals surface area contributed by atoms with Gasteiger partial charge in [0.2, 0.25) is 5.91 Å². The number of hydrogen-bond acceptors (Lipinski definition) is 4. The summed E-state index contributed by atoms with van der Waals surface area (Å²) in [6, 6.07) is 2.85. The second kappa shape index (κ2) is 8.50. The minimum absolute atomic E-state index is 0.0948. The second-order valence-electron chi connectivity index (χ2n) is 6.74. The summed E-state index contributed by atoms with van der Waals surface area (Å²) in [7, 11) is 0. The predicted molar refractivity (Wildman–Crippen MR) is 87.3 cm³/mol. The highest BCUT2D eigenvalue weighted by Crippen LogP contribution is 2.20. The van der Waals surface area contributed by atoms with E-state index in [2.05, 4.69) is 15.9 Å². The van der Waals surface area contributed by atoms with Crippen molar-refractivity contribution in [1.82, 2.24) is 14.7 Å². The third-order valence-electron chi connectivity index (χ3n) is 4.95. The molecule has 0 aliphatic carbocycles. The summed E-state index contributed by atoms with van der Waals surface area (Å²) in [5.41, 5.74) is 0. The van der Waals surface area contributed by atoms with E-state index in [-0.39, 0.29) is 11.8 Å². The average Bonchev–Trinajstić information content (AvgIpc) is 3.06. The number of hydrogen-bond donors (Lipinski definition) is 0. The first-order chi connectivity index (χ1) is 10.6. The average molecular weight is 306 g/mol. The van der Waals surface area contributed by atoms with Crippen LogP contribution in [-0.2, 0) is 4.79 Å². The number of carbonyl (C=O) groups excluding carboxylic acids is 1. The van der Waals surface area contributed by atoms with Gasteiger partial charge in [0.15, 0.2) is 0 Å². The van der Waals surface area contributed by atoms with E-state index in [0.717, 1.165) is 13.1 Å². The van der Waals surface area contributed by atoms with E-state index in [0.29, 0.717) is 25.7 Å². The van der Waals surface area contributed by atoms with E-state index in [4.69, 9.17) is 5.26 Å². The minimum Gasteiger partial charge on any atom is -0.341 e. The maximum Gasteiger partial charge on any atom is 0.236 e. The molecule has 0 aromatic heterocycles. The predicted octanol–water partition coefficient (Wildman–Crippen LogP) is 1.55. The third-order valence-corrected chi connectivity index (χ3v) is 4.95. The first kappa shape index (κ1) is 17.2. The van der Waals surface area contributed by atoms with Crippen LogP contribution in [0.1, 0.15) is 39.5 Å². The van der Waals surface area contributed by atoms with Gasteiger partial charge in [-0.3, -0.25) is 14.6 Å². The molecule has 5 nitrogen and oxygen atoms in total. The molecule has 0 saturated carbocycles. The summed E-state index contributed by atoms with van der Waals surface area (Å²) in [5.74, 6) is 0.0780. The Kier molecular flexibility index (Phi) is 6.66. The maximum atomic E-state index is 12.5. The summed E-state index contributed by atoms with van der Waals surface area (Å²) in [6.07, 6.45) is 5.11. The molecule has 2 fully saturated rings. The van der Waals surface area contributed by atoms with Crippen LogP contribution < -0.4 is 0 Å². The van der Waals surface area contributed by atoms with Gasteiger partial charge in [-0.1, -0.05) is 0 Å². The number of amides is 1. The van der Waals surface area contributed by atoms with Crippen molar-refractivity contribution >= 4 is 5.91 Å². The first-order valence-corrected chi connectivity index (χ1v) is 8.77. The monoisotopic (exact) mass is 306 g/mol. The Hall–Kier alpha value is -1.12. The van der Waals surface area contributed by atoms with Crippen LogP contribution in [0.15, 0.2) is 0 Å². The maximum absolute atomic E-state index is 12.5. The molecule has 5 heteroatoms. The van der Waals surface area contributed by atoms with E-state index >= 15 is 0 Å². The van der Waals surface area contributed by atoms with Crippen molar-refractivity contribution in [2.24, 2.45) is 5.92 Å². The summed E-state index contributed by atoms with van der Waals surface area (Å²) in [4.78, 5) is 19.2. The van der Waals surface area contributed by atoms with E-state index in [1.807, 2.05) is 18.7 Å². The van der Waals surface area contributed by atoms with Crippen molar-refractivity contribution in [1.29, 1.82) is 5.26 Å². The molecule has 0 N–H and O–H groups in total. The smallest absolute Gasteiger partial charge is 0.236 e. The minimum atomic E-state index is -0.0948. The summed E-state index contributed by atoms with van der Waals surface area (Å²) >= 11 is 0. The second-order valence-corrected chi connectivity index (χ2v) is 6.74. The Morgan fingerprint density at radius 3 is 2.68 bits per heavy atom. The van der Waals surface area contributed by atoms with Crippen LogP contribution in [0, 0.1) is 17.2 Å². The molecule has 124 valence electrons. The number of nitriles is 1. The highest BCUT2D eigenvalue weighted by Gasteiger charge is 2.28. The zero-order valence-corrected chi connectivity index (χ0v) is 14.1. The lowest BCUT2D eigenvalue weighted by Crippen LogP contribution is -2.50. The van der Waals surface area contributed by atoms with Gasteiger partial charge >= 0.3 is 0 Å². The topological polar surface area (TPSA) is 50.6 Å². The third kappa shape index (κ3) is 4.69. The Morgan fingerprint density at radius 2 is 2.05 bits per heavy atom. The fourth-order valence-corrected chi connectivity index (χ4v) is 3.65. The number of rotatable bonds is 6. The molecule has 2 heterocycles. The molecule has 0 aromatic carbocycles. The highest BCUT2D eigenvalue weighted by molar-refractivity contribution is 5.78. The molecule has 2 rings (SSSR count). The van der Waals surface area contributed by atoms with Crippen LogP contribution in [0.3, 0.4) is 0 Å². The van der Waals surface area contributed by atoms with Crippen molar-refractivity contribution in [2.75, 3.05) is 45.8 Å². The van der Waals surface area contributed by atoms with E-state index in [1.165, 1.54) is 38.8 Å². The van der Waals surface area contributed by atoms with Gasteiger partial charge in [0.25, 0.3) is 0 Å². The Labute approximate surface area is 134 Å². The standard InChI is InChI=1S/C17H30N4O/c1-3-20(12-15(2)11-18)17(22)14-19-8-6-7-16(13-19)21-9-4-5-10-21/h15-16H,3-10,12-14H2,1-2H3/t15-,16+/m0/s1.